The van der Waals surface area contributed by atoms with E-state index in [-0.39, 0.29) is 29.5 Å². The van der Waals surface area contributed by atoms with Gasteiger partial charge in [0, 0.05) is 5.56 Å². The molecule has 1 saturated heterocycles. The molecule has 9 nitrogen and oxygen atoms in total. The standard InChI is InChI=1S/C25H23Cl2F4N7O2/c1-2-37-10-4-6-19(37)23(39)34-18-12-38(36-22(18)14-8-9-15(26)16(27)11-14)24(33-13-32)35-17-5-3-7-20(21(17)28)40-25(29,30)31/h3,5,7-9,11,18-19H,2,4,6,10,12H2,1H3,(H,33,35)(H,34,39)/t18?,19-/m1/s1. The number of carbonyl (C=O) groups excluding carboxylic acids is 1. The Balaban J connectivity index is 1.64. The molecule has 2 aromatic rings. The number of benzene rings is 2. The van der Waals surface area contributed by atoms with Crippen molar-refractivity contribution in [3.8, 4) is 11.9 Å². The minimum Gasteiger partial charge on any atom is -0.403 e. The number of nitriles is 1. The Kier molecular flexibility index (Phi) is 9.02. The molecule has 0 spiro atoms. The van der Waals surface area contributed by atoms with E-state index in [0.717, 1.165) is 31.2 Å². The Labute approximate surface area is 237 Å². The van der Waals surface area contributed by atoms with Crippen molar-refractivity contribution in [2.24, 2.45) is 10.1 Å². The van der Waals surface area contributed by atoms with Gasteiger partial charge in [-0.05, 0) is 50.2 Å². The van der Waals surface area contributed by atoms with Crippen molar-refractivity contribution in [3.63, 3.8) is 0 Å². The lowest BCUT2D eigenvalue weighted by Crippen LogP contribution is -2.51. The van der Waals surface area contributed by atoms with Crippen molar-refractivity contribution in [1.82, 2.24) is 15.2 Å². The highest BCUT2D eigenvalue weighted by Gasteiger charge is 2.37. The lowest BCUT2D eigenvalue weighted by atomic mass is 10.0. The number of nitrogens with zero attached hydrogens (tertiary/aromatic N) is 5. The van der Waals surface area contributed by atoms with Crippen molar-refractivity contribution in [3.05, 3.63) is 57.8 Å². The Hall–Kier alpha value is -3.60. The van der Waals surface area contributed by atoms with Crippen molar-refractivity contribution in [2.75, 3.05) is 25.0 Å². The van der Waals surface area contributed by atoms with Gasteiger partial charge in [0.15, 0.2) is 11.6 Å². The zero-order chi connectivity index (χ0) is 29.0. The fourth-order valence-electron chi connectivity index (χ4n) is 4.56. The average Bonchev–Trinajstić information content (AvgIpc) is 3.54. The number of aliphatic imine (C=N–C) groups is 1. The number of amides is 1. The van der Waals surface area contributed by atoms with Gasteiger partial charge in [0.05, 0.1) is 40.1 Å². The quantitative estimate of drug-likeness (QED) is 0.210. The van der Waals surface area contributed by atoms with Gasteiger partial charge in [-0.3, -0.25) is 9.69 Å². The van der Waals surface area contributed by atoms with E-state index in [1.54, 1.807) is 24.4 Å². The minimum absolute atomic E-state index is 0.0337. The molecule has 2 aliphatic rings. The van der Waals surface area contributed by atoms with E-state index >= 15 is 0 Å². The molecule has 15 heteroatoms. The molecule has 40 heavy (non-hydrogen) atoms. The molecule has 0 aliphatic carbocycles. The summed E-state index contributed by atoms with van der Waals surface area (Å²) in [4.78, 5) is 18.9. The van der Waals surface area contributed by atoms with E-state index in [0.29, 0.717) is 29.3 Å². The molecule has 2 N–H and O–H groups in total. The van der Waals surface area contributed by atoms with Gasteiger partial charge in [0.1, 0.15) is 0 Å². The van der Waals surface area contributed by atoms with Crippen LogP contribution in [0.2, 0.25) is 10.0 Å². The SMILES string of the molecule is CCN1CCC[C@@H]1C(=O)NC1CN(C(=NC#N)Nc2cccc(OC(F)(F)F)c2F)N=C1c1ccc(Cl)c(Cl)c1. The van der Waals surface area contributed by atoms with Crippen LogP contribution in [-0.4, -0.2) is 65.6 Å². The first kappa shape index (κ1) is 29.4. The summed E-state index contributed by atoms with van der Waals surface area (Å²) in [7, 11) is 0. The topological polar surface area (TPSA) is 105 Å². The minimum atomic E-state index is -5.12. The van der Waals surface area contributed by atoms with Crippen LogP contribution in [0.1, 0.15) is 25.3 Å². The number of alkyl halides is 3. The summed E-state index contributed by atoms with van der Waals surface area (Å²) in [5.74, 6) is -2.94. The normalized spacial score (nSPS) is 19.8. The first-order valence-corrected chi connectivity index (χ1v) is 12.9. The molecule has 0 bridgehead atoms. The van der Waals surface area contributed by atoms with Gasteiger partial charge in [0.2, 0.25) is 18.1 Å². The molecular formula is C25H23Cl2F4N7O2. The van der Waals surface area contributed by atoms with Crippen LogP contribution in [0, 0.1) is 17.3 Å². The van der Waals surface area contributed by atoms with Crippen LogP contribution >= 0.6 is 23.2 Å². The largest absolute Gasteiger partial charge is 0.573 e. The van der Waals surface area contributed by atoms with E-state index in [9.17, 15) is 27.6 Å². The fraction of sp³-hybridized carbons (Fsp3) is 0.360. The summed E-state index contributed by atoms with van der Waals surface area (Å²) >= 11 is 12.3. The van der Waals surface area contributed by atoms with Gasteiger partial charge in [0.25, 0.3) is 0 Å². The molecule has 1 amide bonds. The summed E-state index contributed by atoms with van der Waals surface area (Å²) in [6.07, 6.45) is -1.98. The maximum atomic E-state index is 14.8. The highest BCUT2D eigenvalue weighted by molar-refractivity contribution is 6.42. The Morgan fingerprint density at radius 3 is 2.73 bits per heavy atom. The average molecular weight is 600 g/mol. The summed E-state index contributed by atoms with van der Waals surface area (Å²) in [6.45, 7) is 3.43. The Bertz CT molecular complexity index is 1380. The van der Waals surface area contributed by atoms with Crippen LogP contribution < -0.4 is 15.4 Å². The molecule has 0 saturated carbocycles. The number of carbonyl (C=O) groups is 1. The van der Waals surface area contributed by atoms with Crippen LogP contribution in [0.4, 0.5) is 23.2 Å². The smallest absolute Gasteiger partial charge is 0.403 e. The van der Waals surface area contributed by atoms with Crippen LogP contribution in [0.3, 0.4) is 0 Å². The number of ether oxygens (including phenoxy) is 1. The zero-order valence-electron chi connectivity index (χ0n) is 21.0. The first-order valence-electron chi connectivity index (χ1n) is 12.1. The van der Waals surface area contributed by atoms with E-state index in [1.165, 1.54) is 5.01 Å². The molecule has 2 aromatic carbocycles. The number of halogens is 6. The maximum Gasteiger partial charge on any atom is 0.573 e. The summed E-state index contributed by atoms with van der Waals surface area (Å²) < 4.78 is 56.6. The Morgan fingerprint density at radius 1 is 1.27 bits per heavy atom. The summed E-state index contributed by atoms with van der Waals surface area (Å²) in [6, 6.07) is 6.81. The Morgan fingerprint density at radius 2 is 2.05 bits per heavy atom. The molecule has 1 unspecified atom stereocenters. The number of rotatable bonds is 6. The first-order chi connectivity index (χ1) is 19.0. The summed E-state index contributed by atoms with van der Waals surface area (Å²) in [5, 5.41) is 21.0. The number of anilines is 1. The van der Waals surface area contributed by atoms with E-state index in [1.807, 2.05) is 6.92 Å². The molecule has 0 radical (unpaired) electrons. The molecule has 212 valence electrons. The molecular weight excluding hydrogens is 577 g/mol. The number of guanidine groups is 1. The van der Waals surface area contributed by atoms with Gasteiger partial charge in [-0.25, -0.2) is 9.40 Å². The molecule has 1 fully saturated rings. The lowest BCUT2D eigenvalue weighted by Gasteiger charge is -2.25. The van der Waals surface area contributed by atoms with Crippen LogP contribution in [0.25, 0.3) is 0 Å². The monoisotopic (exact) mass is 599 g/mol. The van der Waals surface area contributed by atoms with Gasteiger partial charge < -0.3 is 15.4 Å². The zero-order valence-corrected chi connectivity index (χ0v) is 22.5. The second-order valence-electron chi connectivity index (χ2n) is 8.87. The number of hydrogen-bond acceptors (Lipinski definition) is 6. The van der Waals surface area contributed by atoms with E-state index in [4.69, 9.17) is 23.2 Å². The molecule has 2 atom stereocenters. The van der Waals surface area contributed by atoms with Crippen LogP contribution in [-0.2, 0) is 4.79 Å². The van der Waals surface area contributed by atoms with Gasteiger partial charge >= 0.3 is 6.36 Å². The van der Waals surface area contributed by atoms with Gasteiger partial charge in [-0.2, -0.15) is 10.4 Å². The fourth-order valence-corrected chi connectivity index (χ4v) is 4.86. The predicted molar refractivity (Wildman–Crippen MR) is 142 cm³/mol. The van der Waals surface area contributed by atoms with Gasteiger partial charge in [-0.15, -0.1) is 18.2 Å². The maximum absolute atomic E-state index is 14.8. The number of hydrogen-bond donors (Lipinski definition) is 2. The highest BCUT2D eigenvalue weighted by Crippen LogP contribution is 2.30. The second kappa shape index (κ2) is 12.3. The molecule has 4 rings (SSSR count). The number of hydrazone groups is 1. The second-order valence-corrected chi connectivity index (χ2v) is 9.68. The van der Waals surface area contributed by atoms with Crippen LogP contribution in [0.5, 0.6) is 5.75 Å². The number of nitrogens with one attached hydrogen (secondary N) is 2. The van der Waals surface area contributed by atoms with Crippen molar-refractivity contribution >= 4 is 46.5 Å². The van der Waals surface area contributed by atoms with E-state index < -0.39 is 29.7 Å². The molecule has 2 heterocycles. The molecule has 0 aromatic heterocycles. The third kappa shape index (κ3) is 6.75. The third-order valence-electron chi connectivity index (χ3n) is 6.35. The van der Waals surface area contributed by atoms with E-state index in [2.05, 4.69) is 30.4 Å². The van der Waals surface area contributed by atoms with Crippen molar-refractivity contribution < 1.29 is 27.1 Å². The third-order valence-corrected chi connectivity index (χ3v) is 7.09. The molecule has 2 aliphatic heterocycles. The van der Waals surface area contributed by atoms with Crippen molar-refractivity contribution in [1.29, 1.82) is 5.26 Å². The highest BCUT2D eigenvalue weighted by atomic mass is 35.5. The number of likely N-dealkylation sites (tertiary alicyclic amines) is 1. The number of likely N-dealkylation sites (N-methyl/N-ethyl adjacent to an activating group) is 1. The lowest BCUT2D eigenvalue weighted by molar-refractivity contribution is -0.275. The summed E-state index contributed by atoms with van der Waals surface area (Å²) in [5.41, 5.74) is 0.429. The van der Waals surface area contributed by atoms with Crippen molar-refractivity contribution in [2.45, 2.75) is 38.2 Å². The van der Waals surface area contributed by atoms with Crippen LogP contribution in [0.15, 0.2) is 46.5 Å². The predicted octanol–water partition coefficient (Wildman–Crippen LogP) is 4.97. The van der Waals surface area contributed by atoms with Gasteiger partial charge in [-0.1, -0.05) is 42.3 Å².